The lowest BCUT2D eigenvalue weighted by Gasteiger charge is -2.06. The molecule has 0 unspecified atom stereocenters. The topological polar surface area (TPSA) is 137 Å². The van der Waals surface area contributed by atoms with Gasteiger partial charge in [-0.25, -0.2) is 10.1 Å². The number of nitrogens with zero attached hydrogens (tertiary/aromatic N) is 6. The molecule has 3 N–H and O–H groups in total. The number of aryl methyl sites for hydroxylation is 1. The number of hydrogen-bond acceptors (Lipinski definition) is 8. The van der Waals surface area contributed by atoms with Gasteiger partial charge < -0.3 is 5.73 Å². The van der Waals surface area contributed by atoms with Gasteiger partial charge in [0.1, 0.15) is 0 Å². The lowest BCUT2D eigenvalue weighted by Crippen LogP contribution is -2.22. The number of nitrogen functional groups attached to an aromatic ring is 1. The highest BCUT2D eigenvalue weighted by atomic mass is 16.6. The number of hydrazone groups is 1. The van der Waals surface area contributed by atoms with Crippen LogP contribution in [-0.2, 0) is 6.42 Å². The van der Waals surface area contributed by atoms with Crippen molar-refractivity contribution in [2.45, 2.75) is 40.0 Å². The Bertz CT molecular complexity index is 987. The smallest absolute Gasteiger partial charge is 0.293 e. The zero-order chi connectivity index (χ0) is 20.1. The van der Waals surface area contributed by atoms with Gasteiger partial charge in [0.2, 0.25) is 11.6 Å². The largest absolute Gasteiger partial charge is 0.378 e. The van der Waals surface area contributed by atoms with Crippen LogP contribution in [0.1, 0.15) is 54.0 Å². The summed E-state index contributed by atoms with van der Waals surface area (Å²) >= 11 is 0. The average molecular weight is 382 g/mol. The Labute approximate surface area is 161 Å². The van der Waals surface area contributed by atoms with Crippen LogP contribution in [0, 0.1) is 6.92 Å². The maximum Gasteiger partial charge on any atom is 0.293 e. The van der Waals surface area contributed by atoms with Crippen LogP contribution in [0.5, 0.6) is 0 Å². The molecular formula is C18H22N8O2. The first-order valence-corrected chi connectivity index (χ1v) is 9.02. The van der Waals surface area contributed by atoms with Crippen molar-refractivity contribution in [1.29, 1.82) is 0 Å². The molecule has 1 aromatic carbocycles. The summed E-state index contributed by atoms with van der Waals surface area (Å²) in [5.41, 5.74) is 11.9. The van der Waals surface area contributed by atoms with Crippen LogP contribution in [0.25, 0.3) is 5.82 Å². The van der Waals surface area contributed by atoms with Gasteiger partial charge in [0, 0.05) is 0 Å². The van der Waals surface area contributed by atoms with Crippen molar-refractivity contribution in [2.24, 2.45) is 5.10 Å². The molecule has 0 aliphatic heterocycles. The number of hydrogen-bond donors (Lipinski definition) is 2. The number of nitrogens with one attached hydrogen (secondary N) is 1. The van der Waals surface area contributed by atoms with Crippen molar-refractivity contribution >= 4 is 17.4 Å². The van der Waals surface area contributed by atoms with Crippen molar-refractivity contribution in [2.75, 3.05) is 5.73 Å². The van der Waals surface area contributed by atoms with E-state index in [4.69, 9.17) is 5.73 Å². The molecule has 0 bridgehead atoms. The number of rotatable bonds is 7. The van der Waals surface area contributed by atoms with E-state index in [1.165, 1.54) is 4.68 Å². The van der Waals surface area contributed by atoms with E-state index in [1.54, 1.807) is 0 Å². The lowest BCUT2D eigenvalue weighted by atomic mass is 10.1. The highest BCUT2D eigenvalue weighted by molar-refractivity contribution is 6.02. The highest BCUT2D eigenvalue weighted by Crippen LogP contribution is 2.17. The summed E-state index contributed by atoms with van der Waals surface area (Å²) in [7, 11) is 0. The number of benzene rings is 1. The SMILES string of the molecule is CCCc1c(C(=O)N/N=C(\CC)c2ccc(C)cc2)nnn1-c1nonc1N. The molecule has 0 aliphatic carbocycles. The van der Waals surface area contributed by atoms with E-state index in [-0.39, 0.29) is 17.3 Å². The summed E-state index contributed by atoms with van der Waals surface area (Å²) in [5, 5.41) is 19.5. The van der Waals surface area contributed by atoms with Crippen LogP contribution in [-0.4, -0.2) is 36.9 Å². The van der Waals surface area contributed by atoms with Crippen molar-refractivity contribution < 1.29 is 9.42 Å². The summed E-state index contributed by atoms with van der Waals surface area (Å²) < 4.78 is 5.99. The maximum atomic E-state index is 12.7. The van der Waals surface area contributed by atoms with Crippen LogP contribution in [0.2, 0.25) is 0 Å². The van der Waals surface area contributed by atoms with Crippen LogP contribution >= 0.6 is 0 Å². The Morgan fingerprint density at radius 2 is 2.00 bits per heavy atom. The van der Waals surface area contributed by atoms with Gasteiger partial charge in [-0.3, -0.25) is 4.79 Å². The maximum absolute atomic E-state index is 12.7. The lowest BCUT2D eigenvalue weighted by molar-refractivity contribution is 0.0948. The monoisotopic (exact) mass is 382 g/mol. The van der Waals surface area contributed by atoms with Crippen LogP contribution in [0.4, 0.5) is 5.82 Å². The summed E-state index contributed by atoms with van der Waals surface area (Å²) in [6.45, 7) is 5.97. The first kappa shape index (κ1) is 19.2. The molecule has 0 fully saturated rings. The zero-order valence-electron chi connectivity index (χ0n) is 16.0. The predicted octanol–water partition coefficient (Wildman–Crippen LogP) is 2.04. The zero-order valence-corrected chi connectivity index (χ0v) is 16.0. The second kappa shape index (κ2) is 8.42. The van der Waals surface area contributed by atoms with Gasteiger partial charge in [0.15, 0.2) is 5.69 Å². The predicted molar refractivity (Wildman–Crippen MR) is 103 cm³/mol. The molecule has 2 aromatic heterocycles. The quantitative estimate of drug-likeness (QED) is 0.471. The minimum absolute atomic E-state index is 0.0693. The van der Waals surface area contributed by atoms with Crippen LogP contribution in [0.15, 0.2) is 34.0 Å². The molecule has 28 heavy (non-hydrogen) atoms. The Kier molecular flexibility index (Phi) is 5.78. The van der Waals surface area contributed by atoms with Crippen molar-refractivity contribution in [3.63, 3.8) is 0 Å². The minimum Gasteiger partial charge on any atom is -0.378 e. The molecule has 146 valence electrons. The minimum atomic E-state index is -0.456. The summed E-state index contributed by atoms with van der Waals surface area (Å²) in [6, 6.07) is 7.96. The van der Waals surface area contributed by atoms with E-state index in [1.807, 2.05) is 45.0 Å². The standard InChI is InChI=1S/C18H22N8O2/c1-4-6-14-15(21-25-26(14)17-16(19)23-28-24-17)18(27)22-20-13(5-2)12-9-7-11(3)8-10-12/h7-10H,4-6H2,1-3H3,(H2,19,23)(H,22,27)/b20-13+. The third-order valence-electron chi connectivity index (χ3n) is 4.17. The number of nitrogens with two attached hydrogens (primary N) is 1. The van der Waals surface area contributed by atoms with E-state index in [9.17, 15) is 4.79 Å². The van der Waals surface area contributed by atoms with E-state index < -0.39 is 5.91 Å². The molecule has 0 saturated carbocycles. The van der Waals surface area contributed by atoms with Gasteiger partial charge in [-0.2, -0.15) is 9.78 Å². The molecule has 0 atom stereocenters. The Hall–Kier alpha value is -3.56. The van der Waals surface area contributed by atoms with Gasteiger partial charge in [-0.1, -0.05) is 55.3 Å². The molecule has 3 aromatic rings. The molecule has 0 aliphatic rings. The fourth-order valence-electron chi connectivity index (χ4n) is 2.71. The van der Waals surface area contributed by atoms with Gasteiger partial charge in [0.25, 0.3) is 5.91 Å². The third kappa shape index (κ3) is 3.90. The molecular weight excluding hydrogens is 360 g/mol. The van der Waals surface area contributed by atoms with Crippen molar-refractivity contribution in [3.8, 4) is 5.82 Å². The number of anilines is 1. The number of aromatic nitrogens is 5. The van der Waals surface area contributed by atoms with Crippen LogP contribution < -0.4 is 11.2 Å². The van der Waals surface area contributed by atoms with E-state index in [0.717, 1.165) is 23.3 Å². The molecule has 0 radical (unpaired) electrons. The van der Waals surface area contributed by atoms with Gasteiger partial charge >= 0.3 is 0 Å². The normalized spacial score (nSPS) is 11.6. The number of amides is 1. The summed E-state index contributed by atoms with van der Waals surface area (Å²) in [5.74, 6) is -0.185. The Balaban J connectivity index is 1.87. The first-order valence-electron chi connectivity index (χ1n) is 9.02. The Morgan fingerprint density at radius 3 is 2.61 bits per heavy atom. The van der Waals surface area contributed by atoms with E-state index in [2.05, 4.69) is 35.8 Å². The molecule has 0 spiro atoms. The summed E-state index contributed by atoms with van der Waals surface area (Å²) in [4.78, 5) is 12.7. The fourth-order valence-corrected chi connectivity index (χ4v) is 2.71. The van der Waals surface area contributed by atoms with Crippen molar-refractivity contribution in [1.82, 2.24) is 30.7 Å². The molecule has 10 nitrogen and oxygen atoms in total. The molecule has 2 heterocycles. The first-order chi connectivity index (χ1) is 13.5. The van der Waals surface area contributed by atoms with E-state index in [0.29, 0.717) is 18.5 Å². The van der Waals surface area contributed by atoms with Gasteiger partial charge in [-0.05, 0) is 35.6 Å². The number of carbonyl (C=O) groups is 1. The number of carbonyl (C=O) groups excluding carboxylic acids is 1. The highest BCUT2D eigenvalue weighted by Gasteiger charge is 2.23. The fraction of sp³-hybridized carbons (Fsp3) is 0.333. The van der Waals surface area contributed by atoms with Gasteiger partial charge in [-0.15, -0.1) is 5.10 Å². The second-order valence-corrected chi connectivity index (χ2v) is 6.24. The van der Waals surface area contributed by atoms with E-state index >= 15 is 0 Å². The van der Waals surface area contributed by atoms with Gasteiger partial charge in [0.05, 0.1) is 11.4 Å². The molecule has 1 amide bonds. The molecule has 0 saturated heterocycles. The Morgan fingerprint density at radius 1 is 1.25 bits per heavy atom. The molecule has 10 heteroatoms. The average Bonchev–Trinajstić information content (AvgIpc) is 3.29. The molecule has 3 rings (SSSR count). The third-order valence-corrected chi connectivity index (χ3v) is 4.17. The van der Waals surface area contributed by atoms with Crippen LogP contribution in [0.3, 0.4) is 0 Å². The summed E-state index contributed by atoms with van der Waals surface area (Å²) in [6.07, 6.45) is 1.98. The van der Waals surface area contributed by atoms with Crippen molar-refractivity contribution in [3.05, 3.63) is 46.8 Å². The second-order valence-electron chi connectivity index (χ2n) is 6.24.